The third-order valence-electron chi connectivity index (χ3n) is 2.41. The molecule has 4 heteroatoms. The van der Waals surface area contributed by atoms with Crippen molar-refractivity contribution in [3.05, 3.63) is 35.4 Å². The van der Waals surface area contributed by atoms with Gasteiger partial charge in [-0.15, -0.1) is 0 Å². The van der Waals surface area contributed by atoms with Crippen LogP contribution in [0, 0.1) is 0 Å². The Labute approximate surface area is 101 Å². The van der Waals surface area contributed by atoms with Gasteiger partial charge in [0.2, 0.25) is 5.91 Å². The van der Waals surface area contributed by atoms with E-state index < -0.39 is 5.97 Å². The summed E-state index contributed by atoms with van der Waals surface area (Å²) < 4.78 is 0. The third kappa shape index (κ3) is 4.68. The monoisotopic (exact) mass is 235 g/mol. The molecule has 0 aliphatic rings. The van der Waals surface area contributed by atoms with Gasteiger partial charge in [-0.3, -0.25) is 9.59 Å². The molecular formula is C13H17NO3. The van der Waals surface area contributed by atoms with Crippen LogP contribution in [0.4, 0.5) is 0 Å². The molecule has 0 radical (unpaired) electrons. The van der Waals surface area contributed by atoms with Crippen LogP contribution in [0.15, 0.2) is 24.3 Å². The molecule has 0 fully saturated rings. The zero-order chi connectivity index (χ0) is 12.7. The number of nitrogens with one attached hydrogen (secondary N) is 1. The standard InChI is InChI=1S/C13H17NO3/c1-2-5-12(15)14-9-11-7-4-3-6-10(11)8-13(16)17/h3-4,6-7H,2,5,8-9H2,1H3,(H,14,15)(H,16,17). The zero-order valence-corrected chi connectivity index (χ0v) is 9.90. The molecular weight excluding hydrogens is 218 g/mol. The fourth-order valence-electron chi connectivity index (χ4n) is 1.57. The van der Waals surface area contributed by atoms with E-state index in [1.54, 1.807) is 12.1 Å². The number of carboxylic acid groups (broad SMARTS) is 1. The predicted octanol–water partition coefficient (Wildman–Crippen LogP) is 1.73. The Morgan fingerprint density at radius 1 is 1.24 bits per heavy atom. The summed E-state index contributed by atoms with van der Waals surface area (Å²) in [4.78, 5) is 22.0. The summed E-state index contributed by atoms with van der Waals surface area (Å²) in [5.41, 5.74) is 1.61. The SMILES string of the molecule is CCCC(=O)NCc1ccccc1CC(=O)O. The van der Waals surface area contributed by atoms with Crippen molar-refractivity contribution in [2.45, 2.75) is 32.7 Å². The van der Waals surface area contributed by atoms with Crippen molar-refractivity contribution >= 4 is 11.9 Å². The van der Waals surface area contributed by atoms with Crippen molar-refractivity contribution in [2.24, 2.45) is 0 Å². The lowest BCUT2D eigenvalue weighted by Gasteiger charge is -2.08. The van der Waals surface area contributed by atoms with Gasteiger partial charge in [0.1, 0.15) is 0 Å². The molecule has 0 aliphatic heterocycles. The molecule has 0 saturated carbocycles. The predicted molar refractivity (Wildman–Crippen MR) is 64.5 cm³/mol. The molecule has 0 saturated heterocycles. The van der Waals surface area contributed by atoms with E-state index in [2.05, 4.69) is 5.32 Å². The highest BCUT2D eigenvalue weighted by Gasteiger charge is 2.07. The van der Waals surface area contributed by atoms with Gasteiger partial charge in [0, 0.05) is 13.0 Å². The minimum atomic E-state index is -0.864. The van der Waals surface area contributed by atoms with Crippen LogP contribution in [0.5, 0.6) is 0 Å². The number of carbonyl (C=O) groups excluding carboxylic acids is 1. The maximum atomic E-state index is 11.3. The van der Waals surface area contributed by atoms with Crippen molar-refractivity contribution in [1.29, 1.82) is 0 Å². The van der Waals surface area contributed by atoms with Gasteiger partial charge in [-0.05, 0) is 17.5 Å². The number of hydrogen-bond donors (Lipinski definition) is 2. The first-order valence-corrected chi connectivity index (χ1v) is 5.68. The molecule has 17 heavy (non-hydrogen) atoms. The van der Waals surface area contributed by atoms with Gasteiger partial charge in [0.25, 0.3) is 0 Å². The Balaban J connectivity index is 2.63. The molecule has 0 aliphatic carbocycles. The number of rotatable bonds is 6. The quantitative estimate of drug-likeness (QED) is 0.789. The van der Waals surface area contributed by atoms with Gasteiger partial charge in [-0.2, -0.15) is 0 Å². The second-order valence-corrected chi connectivity index (χ2v) is 3.87. The lowest BCUT2D eigenvalue weighted by atomic mass is 10.0. The number of hydrogen-bond acceptors (Lipinski definition) is 2. The van der Waals surface area contributed by atoms with Gasteiger partial charge in [-0.25, -0.2) is 0 Å². The largest absolute Gasteiger partial charge is 0.481 e. The van der Waals surface area contributed by atoms with Crippen LogP contribution < -0.4 is 5.32 Å². The topological polar surface area (TPSA) is 66.4 Å². The van der Waals surface area contributed by atoms with Crippen LogP contribution in [-0.4, -0.2) is 17.0 Å². The minimum Gasteiger partial charge on any atom is -0.481 e. The summed E-state index contributed by atoms with van der Waals surface area (Å²) in [6.45, 7) is 2.33. The lowest BCUT2D eigenvalue weighted by molar-refractivity contribution is -0.136. The van der Waals surface area contributed by atoms with Crippen molar-refractivity contribution < 1.29 is 14.7 Å². The second-order valence-electron chi connectivity index (χ2n) is 3.87. The highest BCUT2D eigenvalue weighted by Crippen LogP contribution is 2.09. The van der Waals surface area contributed by atoms with E-state index in [-0.39, 0.29) is 12.3 Å². The molecule has 0 unspecified atom stereocenters. The Kier molecular flexibility index (Phi) is 5.20. The van der Waals surface area contributed by atoms with Crippen molar-refractivity contribution in [3.63, 3.8) is 0 Å². The van der Waals surface area contributed by atoms with Crippen LogP contribution in [0.1, 0.15) is 30.9 Å². The fourth-order valence-corrected chi connectivity index (χ4v) is 1.57. The Bertz CT molecular complexity index is 401. The summed E-state index contributed by atoms with van der Waals surface area (Å²) in [5, 5.41) is 11.5. The van der Waals surface area contributed by atoms with Crippen molar-refractivity contribution in [1.82, 2.24) is 5.32 Å². The molecule has 0 spiro atoms. The number of benzene rings is 1. The summed E-state index contributed by atoms with van der Waals surface area (Å²) in [7, 11) is 0. The van der Waals surface area contributed by atoms with E-state index in [4.69, 9.17) is 5.11 Å². The van der Waals surface area contributed by atoms with Crippen LogP contribution >= 0.6 is 0 Å². The normalized spacial score (nSPS) is 9.94. The molecule has 1 aromatic carbocycles. The van der Waals surface area contributed by atoms with E-state index >= 15 is 0 Å². The zero-order valence-electron chi connectivity index (χ0n) is 9.90. The first-order valence-electron chi connectivity index (χ1n) is 5.68. The van der Waals surface area contributed by atoms with Gasteiger partial charge < -0.3 is 10.4 Å². The average Bonchev–Trinajstić information content (AvgIpc) is 2.27. The number of carboxylic acids is 1. The second kappa shape index (κ2) is 6.68. The first-order chi connectivity index (χ1) is 8.13. The number of aliphatic carboxylic acids is 1. The van der Waals surface area contributed by atoms with E-state index in [1.165, 1.54) is 0 Å². The summed E-state index contributed by atoms with van der Waals surface area (Å²) >= 11 is 0. The number of carbonyl (C=O) groups is 2. The highest BCUT2D eigenvalue weighted by atomic mass is 16.4. The molecule has 2 N–H and O–H groups in total. The maximum absolute atomic E-state index is 11.3. The Morgan fingerprint density at radius 2 is 1.88 bits per heavy atom. The third-order valence-corrected chi connectivity index (χ3v) is 2.41. The molecule has 0 aromatic heterocycles. The Morgan fingerprint density at radius 3 is 2.47 bits per heavy atom. The lowest BCUT2D eigenvalue weighted by Crippen LogP contribution is -2.23. The minimum absolute atomic E-state index is 0.00220. The molecule has 1 rings (SSSR count). The van der Waals surface area contributed by atoms with Gasteiger partial charge in [0.05, 0.1) is 6.42 Å². The summed E-state index contributed by atoms with van der Waals surface area (Å²) in [6.07, 6.45) is 1.30. The molecule has 0 heterocycles. The summed E-state index contributed by atoms with van der Waals surface area (Å²) in [5.74, 6) is -0.866. The fraction of sp³-hybridized carbons (Fsp3) is 0.385. The molecule has 0 atom stereocenters. The number of amides is 1. The molecule has 1 amide bonds. The molecule has 0 bridgehead atoms. The average molecular weight is 235 g/mol. The van der Waals surface area contributed by atoms with Crippen LogP contribution in [0.25, 0.3) is 0 Å². The van der Waals surface area contributed by atoms with Gasteiger partial charge >= 0.3 is 5.97 Å². The molecule has 4 nitrogen and oxygen atoms in total. The molecule has 1 aromatic rings. The van der Waals surface area contributed by atoms with Crippen molar-refractivity contribution in [2.75, 3.05) is 0 Å². The van der Waals surface area contributed by atoms with Crippen LogP contribution in [0.3, 0.4) is 0 Å². The maximum Gasteiger partial charge on any atom is 0.307 e. The van der Waals surface area contributed by atoms with E-state index in [0.29, 0.717) is 13.0 Å². The van der Waals surface area contributed by atoms with Crippen LogP contribution in [-0.2, 0) is 22.6 Å². The smallest absolute Gasteiger partial charge is 0.307 e. The van der Waals surface area contributed by atoms with E-state index in [1.807, 2.05) is 19.1 Å². The van der Waals surface area contributed by atoms with Crippen molar-refractivity contribution in [3.8, 4) is 0 Å². The van der Waals surface area contributed by atoms with E-state index in [9.17, 15) is 9.59 Å². The molecule has 92 valence electrons. The van der Waals surface area contributed by atoms with Gasteiger partial charge in [0.15, 0.2) is 0 Å². The van der Waals surface area contributed by atoms with Crippen LogP contribution in [0.2, 0.25) is 0 Å². The summed E-state index contributed by atoms with van der Waals surface area (Å²) in [6, 6.07) is 7.25. The van der Waals surface area contributed by atoms with E-state index in [0.717, 1.165) is 17.5 Å². The first kappa shape index (κ1) is 13.2. The highest BCUT2D eigenvalue weighted by molar-refractivity contribution is 5.76. The Hall–Kier alpha value is -1.84. The van der Waals surface area contributed by atoms with Gasteiger partial charge in [-0.1, -0.05) is 31.2 Å².